The van der Waals surface area contributed by atoms with Crippen LogP contribution in [-0.2, 0) is 10.5 Å². The Morgan fingerprint density at radius 2 is 1.93 bits per heavy atom. The molecule has 2 aromatic carbocycles. The van der Waals surface area contributed by atoms with E-state index in [0.717, 1.165) is 28.1 Å². The molecule has 0 unspecified atom stereocenters. The number of hydrogen-bond donors (Lipinski definition) is 1. The van der Waals surface area contributed by atoms with Gasteiger partial charge in [0.15, 0.2) is 5.16 Å². The van der Waals surface area contributed by atoms with Gasteiger partial charge in [0.1, 0.15) is 5.75 Å². The van der Waals surface area contributed by atoms with Crippen molar-refractivity contribution in [2.45, 2.75) is 10.9 Å². The molecule has 1 N–H and O–H groups in total. The predicted octanol–water partition coefficient (Wildman–Crippen LogP) is 4.02. The molecule has 0 atom stereocenters. The molecule has 1 aromatic heterocycles. The maximum Gasteiger partial charge on any atom is 0.230 e. The third kappa shape index (κ3) is 6.07. The summed E-state index contributed by atoms with van der Waals surface area (Å²) < 4.78 is 7.16. The van der Waals surface area contributed by atoms with Gasteiger partial charge in [-0.3, -0.25) is 9.36 Å². The molecule has 0 aliphatic carbocycles. The van der Waals surface area contributed by atoms with Crippen LogP contribution in [0.4, 0.5) is 0 Å². The summed E-state index contributed by atoms with van der Waals surface area (Å²) >= 11 is 3.25. The maximum atomic E-state index is 12.1. The number of rotatable bonds is 10. The Balaban J connectivity index is 1.39. The molecule has 0 aliphatic rings. The highest BCUT2D eigenvalue weighted by atomic mass is 32.2. The highest BCUT2D eigenvalue weighted by Crippen LogP contribution is 2.22. The first-order valence-corrected chi connectivity index (χ1v) is 11.1. The fourth-order valence-electron chi connectivity index (χ4n) is 2.54. The lowest BCUT2D eigenvalue weighted by atomic mass is 10.2. The van der Waals surface area contributed by atoms with Gasteiger partial charge in [-0.2, -0.15) is 11.8 Å². The minimum absolute atomic E-state index is 0.0228. The highest BCUT2D eigenvalue weighted by Gasteiger charge is 2.09. The van der Waals surface area contributed by atoms with Crippen LogP contribution in [0.5, 0.6) is 5.75 Å². The largest absolute Gasteiger partial charge is 0.497 e. The first-order chi connectivity index (χ1) is 13.8. The fourth-order valence-corrected chi connectivity index (χ4v) is 4.17. The van der Waals surface area contributed by atoms with Crippen LogP contribution in [0.3, 0.4) is 0 Å². The van der Waals surface area contributed by atoms with Crippen molar-refractivity contribution >= 4 is 29.4 Å². The summed E-state index contributed by atoms with van der Waals surface area (Å²) in [6.45, 7) is 0.670. The predicted molar refractivity (Wildman–Crippen MR) is 116 cm³/mol. The highest BCUT2D eigenvalue weighted by molar-refractivity contribution is 7.99. The summed E-state index contributed by atoms with van der Waals surface area (Å²) in [6.07, 6.45) is 3.63. The summed E-state index contributed by atoms with van der Waals surface area (Å²) in [5, 5.41) is 3.76. The van der Waals surface area contributed by atoms with Crippen LogP contribution in [0, 0.1) is 0 Å². The minimum atomic E-state index is 0.0228. The summed E-state index contributed by atoms with van der Waals surface area (Å²) in [4.78, 5) is 16.5. The zero-order chi connectivity index (χ0) is 19.6. The number of carbonyl (C=O) groups is 1. The lowest BCUT2D eigenvalue weighted by Crippen LogP contribution is -2.27. The maximum absolute atomic E-state index is 12.1. The molecule has 146 valence electrons. The number of benzene rings is 2. The molecular formula is C21H23N3O2S2. The van der Waals surface area contributed by atoms with Gasteiger partial charge in [-0.1, -0.05) is 42.1 Å². The standard InChI is InChI=1S/C21H23N3O2S2/c1-26-19-9-7-18(8-10-19)24-13-11-23-21(24)28-16-20(25)22-12-14-27-15-17-5-3-2-4-6-17/h2-11,13H,12,14-16H2,1H3,(H,22,25). The van der Waals surface area contributed by atoms with Crippen molar-refractivity contribution in [1.29, 1.82) is 0 Å². The van der Waals surface area contributed by atoms with Gasteiger partial charge in [0.05, 0.1) is 12.9 Å². The topological polar surface area (TPSA) is 56.2 Å². The van der Waals surface area contributed by atoms with Crippen molar-refractivity contribution < 1.29 is 9.53 Å². The molecule has 28 heavy (non-hydrogen) atoms. The SMILES string of the molecule is COc1ccc(-n2ccnc2SCC(=O)NCCSCc2ccccc2)cc1. The Hall–Kier alpha value is -2.38. The summed E-state index contributed by atoms with van der Waals surface area (Å²) in [6, 6.07) is 18.1. The number of carbonyl (C=O) groups excluding carboxylic acids is 1. The van der Waals surface area contributed by atoms with Crippen LogP contribution in [0.1, 0.15) is 5.56 Å². The number of nitrogens with zero attached hydrogens (tertiary/aromatic N) is 2. The number of methoxy groups -OCH3 is 1. The Morgan fingerprint density at radius 1 is 1.14 bits per heavy atom. The van der Waals surface area contributed by atoms with Crippen molar-refractivity contribution in [2.75, 3.05) is 25.2 Å². The number of hydrogen-bond acceptors (Lipinski definition) is 5. The van der Waals surface area contributed by atoms with E-state index < -0.39 is 0 Å². The molecule has 0 radical (unpaired) electrons. The number of ether oxygens (including phenoxy) is 1. The Labute approximate surface area is 173 Å². The van der Waals surface area contributed by atoms with Crippen LogP contribution in [0.25, 0.3) is 5.69 Å². The molecule has 3 rings (SSSR count). The van der Waals surface area contributed by atoms with E-state index >= 15 is 0 Å². The Bertz CT molecular complexity index is 867. The van der Waals surface area contributed by atoms with Gasteiger partial charge in [-0.05, 0) is 29.8 Å². The normalized spacial score (nSPS) is 10.6. The second kappa shape index (κ2) is 10.8. The second-order valence-electron chi connectivity index (χ2n) is 5.95. The molecular weight excluding hydrogens is 390 g/mol. The molecule has 3 aromatic rings. The van der Waals surface area contributed by atoms with E-state index in [0.29, 0.717) is 12.3 Å². The van der Waals surface area contributed by atoms with Crippen LogP contribution >= 0.6 is 23.5 Å². The summed E-state index contributed by atoms with van der Waals surface area (Å²) in [5.74, 6) is 3.03. The molecule has 7 heteroatoms. The van der Waals surface area contributed by atoms with Crippen molar-refractivity contribution in [3.8, 4) is 11.4 Å². The van der Waals surface area contributed by atoms with E-state index in [1.54, 1.807) is 13.3 Å². The van der Waals surface area contributed by atoms with E-state index in [2.05, 4.69) is 22.4 Å². The molecule has 0 aliphatic heterocycles. The molecule has 5 nitrogen and oxygen atoms in total. The molecule has 0 saturated heterocycles. The van der Waals surface area contributed by atoms with Gasteiger partial charge in [0.2, 0.25) is 5.91 Å². The number of aromatic nitrogens is 2. The summed E-state index contributed by atoms with van der Waals surface area (Å²) in [7, 11) is 1.65. The first kappa shape index (κ1) is 20.4. The number of imidazole rings is 1. The Morgan fingerprint density at radius 3 is 2.68 bits per heavy atom. The number of amides is 1. The Kier molecular flexibility index (Phi) is 7.87. The zero-order valence-electron chi connectivity index (χ0n) is 15.7. The first-order valence-electron chi connectivity index (χ1n) is 8.95. The monoisotopic (exact) mass is 413 g/mol. The van der Waals surface area contributed by atoms with Gasteiger partial charge in [-0.15, -0.1) is 0 Å². The van der Waals surface area contributed by atoms with Crippen molar-refractivity contribution in [3.05, 3.63) is 72.6 Å². The smallest absolute Gasteiger partial charge is 0.230 e. The van der Waals surface area contributed by atoms with Crippen molar-refractivity contribution in [2.24, 2.45) is 0 Å². The molecule has 0 saturated carbocycles. The third-order valence-corrected chi connectivity index (χ3v) is 5.97. The lowest BCUT2D eigenvalue weighted by molar-refractivity contribution is -0.118. The van der Waals surface area contributed by atoms with Crippen LogP contribution in [0.15, 0.2) is 72.1 Å². The van der Waals surface area contributed by atoms with E-state index in [1.807, 2.05) is 65.0 Å². The van der Waals surface area contributed by atoms with Crippen molar-refractivity contribution in [1.82, 2.24) is 14.9 Å². The minimum Gasteiger partial charge on any atom is -0.497 e. The van der Waals surface area contributed by atoms with Crippen LogP contribution < -0.4 is 10.1 Å². The average Bonchev–Trinajstić information content (AvgIpc) is 3.21. The fraction of sp³-hybridized carbons (Fsp3) is 0.238. The van der Waals surface area contributed by atoms with Gasteiger partial charge >= 0.3 is 0 Å². The summed E-state index contributed by atoms with van der Waals surface area (Å²) in [5.41, 5.74) is 2.29. The lowest BCUT2D eigenvalue weighted by Gasteiger charge is -2.09. The molecule has 0 spiro atoms. The van der Waals surface area contributed by atoms with Gasteiger partial charge in [0, 0.05) is 36.1 Å². The average molecular weight is 414 g/mol. The number of nitrogens with one attached hydrogen (secondary N) is 1. The second-order valence-corrected chi connectivity index (χ2v) is 8.00. The van der Waals surface area contributed by atoms with Crippen LogP contribution in [-0.4, -0.2) is 40.6 Å². The van der Waals surface area contributed by atoms with E-state index in [4.69, 9.17) is 4.74 Å². The van der Waals surface area contributed by atoms with Crippen LogP contribution in [0.2, 0.25) is 0 Å². The van der Waals surface area contributed by atoms with E-state index in [-0.39, 0.29) is 5.91 Å². The molecule has 1 amide bonds. The van der Waals surface area contributed by atoms with Gasteiger partial charge in [0.25, 0.3) is 0 Å². The van der Waals surface area contributed by atoms with Crippen molar-refractivity contribution in [3.63, 3.8) is 0 Å². The van der Waals surface area contributed by atoms with Gasteiger partial charge < -0.3 is 10.1 Å². The molecule has 1 heterocycles. The van der Waals surface area contributed by atoms with Gasteiger partial charge in [-0.25, -0.2) is 4.98 Å². The number of thioether (sulfide) groups is 2. The quantitative estimate of drug-likeness (QED) is 0.402. The molecule has 0 fully saturated rings. The van der Waals surface area contributed by atoms with E-state index in [1.165, 1.54) is 17.3 Å². The molecule has 0 bridgehead atoms. The zero-order valence-corrected chi connectivity index (χ0v) is 17.3. The third-order valence-electron chi connectivity index (χ3n) is 3.97. The van der Waals surface area contributed by atoms with E-state index in [9.17, 15) is 4.79 Å².